The smallest absolute Gasteiger partial charge is 0.276 e. The van der Waals surface area contributed by atoms with E-state index in [4.69, 9.17) is 4.52 Å². The van der Waals surface area contributed by atoms with Gasteiger partial charge in [-0.05, 0) is 36.7 Å². The number of rotatable bonds is 7. The molecule has 1 unspecified atom stereocenters. The van der Waals surface area contributed by atoms with E-state index in [-0.39, 0.29) is 17.2 Å². The summed E-state index contributed by atoms with van der Waals surface area (Å²) >= 11 is 0. The van der Waals surface area contributed by atoms with Crippen LogP contribution in [0.5, 0.6) is 0 Å². The highest BCUT2D eigenvalue weighted by atomic mass is 16.5. The van der Waals surface area contributed by atoms with E-state index in [1.165, 1.54) is 5.56 Å². The van der Waals surface area contributed by atoms with E-state index in [2.05, 4.69) is 58.3 Å². The number of nitrogens with zero attached hydrogens (tertiary/aromatic N) is 4. The summed E-state index contributed by atoms with van der Waals surface area (Å²) in [6, 6.07) is 12.1. The largest absolute Gasteiger partial charge is 0.361 e. The summed E-state index contributed by atoms with van der Waals surface area (Å²) in [6.45, 7) is 7.84. The molecule has 2 aromatic rings. The average Bonchev–Trinajstić information content (AvgIpc) is 3.37. The number of aromatic nitrogens is 1. The molecular weight excluding hydrogens is 440 g/mol. The second kappa shape index (κ2) is 10.4. The molecule has 7 heteroatoms. The molecule has 1 atom stereocenters. The third kappa shape index (κ3) is 5.35. The second-order valence-corrected chi connectivity index (χ2v) is 10.3. The number of likely N-dealkylation sites (tertiary alicyclic amines) is 1. The summed E-state index contributed by atoms with van der Waals surface area (Å²) in [6.07, 6.45) is 8.91. The van der Waals surface area contributed by atoms with Gasteiger partial charge in [0, 0.05) is 64.2 Å². The van der Waals surface area contributed by atoms with Crippen LogP contribution in [0, 0.1) is 11.3 Å². The van der Waals surface area contributed by atoms with Gasteiger partial charge in [0.15, 0.2) is 5.69 Å². The molecule has 2 amide bonds. The number of benzene rings is 1. The molecule has 2 saturated heterocycles. The fourth-order valence-corrected chi connectivity index (χ4v) is 5.62. The SMILES string of the molecule is CCCc1cc(C(=O)N2CCC3(CC2)CC3C(=O)N2CCN(C/C=C/c3ccccc3)CC2)no1. The van der Waals surface area contributed by atoms with Crippen molar-refractivity contribution < 1.29 is 14.1 Å². The third-order valence-corrected chi connectivity index (χ3v) is 7.97. The Labute approximate surface area is 207 Å². The van der Waals surface area contributed by atoms with Crippen molar-refractivity contribution in [2.45, 2.75) is 39.0 Å². The molecule has 1 aromatic heterocycles. The van der Waals surface area contributed by atoms with Gasteiger partial charge in [-0.15, -0.1) is 0 Å². The van der Waals surface area contributed by atoms with Crippen LogP contribution in [-0.2, 0) is 11.2 Å². The first-order chi connectivity index (χ1) is 17.1. The van der Waals surface area contributed by atoms with Crippen molar-refractivity contribution in [3.05, 3.63) is 59.5 Å². The van der Waals surface area contributed by atoms with Gasteiger partial charge in [-0.25, -0.2) is 0 Å². The van der Waals surface area contributed by atoms with E-state index >= 15 is 0 Å². The lowest BCUT2D eigenvalue weighted by atomic mass is 9.90. The van der Waals surface area contributed by atoms with E-state index < -0.39 is 0 Å². The standard InChI is InChI=1S/C28H36N4O3/c1-2-7-23-20-25(29-35-23)27(34)31-14-11-28(12-15-31)21-24(28)26(33)32-18-16-30(17-19-32)13-6-10-22-8-4-3-5-9-22/h3-6,8-10,20,24H,2,7,11-19,21H2,1H3/b10-6+. The number of aryl methyl sites for hydroxylation is 1. The second-order valence-electron chi connectivity index (χ2n) is 10.3. The van der Waals surface area contributed by atoms with Crippen molar-refractivity contribution in [3.63, 3.8) is 0 Å². The van der Waals surface area contributed by atoms with E-state index in [9.17, 15) is 9.59 Å². The molecule has 35 heavy (non-hydrogen) atoms. The van der Waals surface area contributed by atoms with Crippen LogP contribution < -0.4 is 0 Å². The predicted molar refractivity (Wildman–Crippen MR) is 135 cm³/mol. The monoisotopic (exact) mass is 476 g/mol. The zero-order valence-corrected chi connectivity index (χ0v) is 20.7. The van der Waals surface area contributed by atoms with Gasteiger partial charge in [-0.2, -0.15) is 0 Å². The van der Waals surface area contributed by atoms with Crippen LogP contribution in [0.4, 0.5) is 0 Å². The number of hydrogen-bond donors (Lipinski definition) is 0. The molecule has 0 N–H and O–H groups in total. The Bertz CT molecular complexity index is 1050. The molecule has 2 aliphatic heterocycles. The Hall–Kier alpha value is -2.93. The zero-order chi connectivity index (χ0) is 24.3. The fraction of sp³-hybridized carbons (Fsp3) is 0.536. The topological polar surface area (TPSA) is 69.9 Å². The van der Waals surface area contributed by atoms with Crippen molar-refractivity contribution in [2.75, 3.05) is 45.8 Å². The highest BCUT2D eigenvalue weighted by molar-refractivity contribution is 5.92. The van der Waals surface area contributed by atoms with Crippen molar-refractivity contribution >= 4 is 17.9 Å². The predicted octanol–water partition coefficient (Wildman–Crippen LogP) is 3.73. The van der Waals surface area contributed by atoms with Crippen LogP contribution in [0.3, 0.4) is 0 Å². The summed E-state index contributed by atoms with van der Waals surface area (Å²) < 4.78 is 5.28. The lowest BCUT2D eigenvalue weighted by Crippen LogP contribution is -2.49. The maximum Gasteiger partial charge on any atom is 0.276 e. The van der Waals surface area contributed by atoms with Gasteiger partial charge in [-0.1, -0.05) is 54.6 Å². The van der Waals surface area contributed by atoms with Gasteiger partial charge in [0.1, 0.15) is 5.76 Å². The Morgan fingerprint density at radius 1 is 1.06 bits per heavy atom. The normalized spacial score (nSPS) is 22.1. The van der Waals surface area contributed by atoms with Crippen LogP contribution in [0.2, 0.25) is 0 Å². The minimum absolute atomic E-state index is 0.0492. The van der Waals surface area contributed by atoms with Crippen LogP contribution in [0.15, 0.2) is 47.0 Å². The Morgan fingerprint density at radius 2 is 1.80 bits per heavy atom. The number of amides is 2. The Balaban J connectivity index is 1.06. The molecule has 1 spiro atoms. The quantitative estimate of drug-likeness (QED) is 0.609. The molecule has 5 rings (SSSR count). The van der Waals surface area contributed by atoms with Crippen molar-refractivity contribution in [1.82, 2.24) is 19.9 Å². The Kier molecular flexibility index (Phi) is 7.04. The molecule has 3 aliphatic rings. The van der Waals surface area contributed by atoms with Crippen LogP contribution in [0.25, 0.3) is 6.08 Å². The molecule has 1 saturated carbocycles. The molecule has 3 fully saturated rings. The minimum Gasteiger partial charge on any atom is -0.361 e. The summed E-state index contributed by atoms with van der Waals surface area (Å²) in [5.41, 5.74) is 1.72. The van der Waals surface area contributed by atoms with Gasteiger partial charge in [0.25, 0.3) is 5.91 Å². The summed E-state index contributed by atoms with van der Waals surface area (Å²) in [7, 11) is 0. The number of piperidine rings is 1. The average molecular weight is 477 g/mol. The minimum atomic E-state index is -0.0492. The first-order valence-corrected chi connectivity index (χ1v) is 13.1. The number of carbonyl (C=O) groups is 2. The summed E-state index contributed by atoms with van der Waals surface area (Å²) in [5, 5.41) is 3.97. The number of hydrogen-bond acceptors (Lipinski definition) is 5. The molecule has 186 valence electrons. The highest BCUT2D eigenvalue weighted by Crippen LogP contribution is 2.60. The van der Waals surface area contributed by atoms with E-state index in [0.717, 1.165) is 70.6 Å². The maximum absolute atomic E-state index is 13.2. The summed E-state index contributed by atoms with van der Waals surface area (Å²) in [5.74, 6) is 1.17. The first-order valence-electron chi connectivity index (χ1n) is 13.1. The van der Waals surface area contributed by atoms with Crippen molar-refractivity contribution in [2.24, 2.45) is 11.3 Å². The Morgan fingerprint density at radius 3 is 2.51 bits per heavy atom. The fourth-order valence-electron chi connectivity index (χ4n) is 5.62. The van der Waals surface area contributed by atoms with Crippen molar-refractivity contribution in [1.29, 1.82) is 0 Å². The molecular formula is C28H36N4O3. The van der Waals surface area contributed by atoms with Gasteiger partial charge in [0.2, 0.25) is 5.91 Å². The molecule has 3 heterocycles. The summed E-state index contributed by atoms with van der Waals surface area (Å²) in [4.78, 5) is 32.4. The van der Waals surface area contributed by atoms with Gasteiger partial charge in [0.05, 0.1) is 0 Å². The zero-order valence-electron chi connectivity index (χ0n) is 20.7. The van der Waals surface area contributed by atoms with Gasteiger partial charge < -0.3 is 14.3 Å². The molecule has 1 aliphatic carbocycles. The van der Waals surface area contributed by atoms with E-state index in [1.807, 2.05) is 11.0 Å². The van der Waals surface area contributed by atoms with Crippen LogP contribution in [-0.4, -0.2) is 77.5 Å². The van der Waals surface area contributed by atoms with Gasteiger partial charge in [-0.3, -0.25) is 14.5 Å². The lowest BCUT2D eigenvalue weighted by molar-refractivity contribution is -0.135. The maximum atomic E-state index is 13.2. The number of piperazine rings is 1. The molecule has 1 aromatic carbocycles. The first kappa shape index (κ1) is 23.8. The molecule has 0 bridgehead atoms. The van der Waals surface area contributed by atoms with Crippen molar-refractivity contribution in [3.8, 4) is 0 Å². The lowest BCUT2D eigenvalue weighted by Gasteiger charge is -2.36. The molecule has 0 radical (unpaired) electrons. The number of carbonyl (C=O) groups excluding carboxylic acids is 2. The highest BCUT2D eigenvalue weighted by Gasteiger charge is 2.59. The molecule has 7 nitrogen and oxygen atoms in total. The van der Waals surface area contributed by atoms with Gasteiger partial charge >= 0.3 is 0 Å². The van der Waals surface area contributed by atoms with Crippen LogP contribution in [0.1, 0.15) is 54.4 Å². The van der Waals surface area contributed by atoms with E-state index in [0.29, 0.717) is 24.7 Å². The van der Waals surface area contributed by atoms with E-state index in [1.54, 1.807) is 6.07 Å². The van der Waals surface area contributed by atoms with Crippen LogP contribution >= 0.6 is 0 Å². The third-order valence-electron chi connectivity index (χ3n) is 7.97.